The fourth-order valence-corrected chi connectivity index (χ4v) is 3.76. The van der Waals surface area contributed by atoms with E-state index in [-0.39, 0.29) is 11.5 Å². The maximum Gasteiger partial charge on any atom is 0.261 e. The molecule has 6 heteroatoms. The first-order valence-electron chi connectivity index (χ1n) is 10.1. The van der Waals surface area contributed by atoms with Gasteiger partial charge in [-0.1, -0.05) is 18.6 Å². The van der Waals surface area contributed by atoms with Gasteiger partial charge in [-0.25, -0.2) is 4.98 Å². The molecule has 0 fully saturated rings. The lowest BCUT2D eigenvalue weighted by Gasteiger charge is -2.13. The molecule has 150 valence electrons. The predicted octanol–water partition coefficient (Wildman–Crippen LogP) is 3.12. The molecule has 29 heavy (non-hydrogen) atoms. The predicted molar refractivity (Wildman–Crippen MR) is 115 cm³/mol. The third-order valence-corrected chi connectivity index (χ3v) is 5.48. The highest BCUT2D eigenvalue weighted by atomic mass is 16.1. The van der Waals surface area contributed by atoms with Crippen LogP contribution in [0, 0.1) is 0 Å². The number of rotatable bonds is 4. The first kappa shape index (κ1) is 19.2. The smallest absolute Gasteiger partial charge is 0.261 e. The number of nitrogens with zero attached hydrogens (tertiary/aromatic N) is 3. The van der Waals surface area contributed by atoms with Gasteiger partial charge in [0.05, 0.1) is 10.9 Å². The molecule has 1 N–H and O–H groups in total. The molecule has 0 saturated carbocycles. The molecule has 1 aliphatic heterocycles. The Bertz CT molecular complexity index is 1100. The molecule has 0 atom stereocenters. The standard InChI is InChI=1S/C23H26N4O2/c1-26(2)18-10-7-16(8-11-18)15-24-22(28)17-9-12-19-20(14-17)25-21-6-4-3-5-13-27(21)23(19)29/h7-12,14H,3-6,13,15H2,1-2H3,(H,24,28). The molecule has 1 aliphatic rings. The molecule has 0 spiro atoms. The molecule has 3 aromatic rings. The third kappa shape index (κ3) is 4.01. The summed E-state index contributed by atoms with van der Waals surface area (Å²) in [6, 6.07) is 13.2. The fourth-order valence-electron chi connectivity index (χ4n) is 3.76. The summed E-state index contributed by atoms with van der Waals surface area (Å²) in [5.74, 6) is 0.666. The fraction of sp³-hybridized carbons (Fsp3) is 0.348. The van der Waals surface area contributed by atoms with Crippen LogP contribution in [0.5, 0.6) is 0 Å². The summed E-state index contributed by atoms with van der Waals surface area (Å²) < 4.78 is 1.80. The van der Waals surface area contributed by atoms with Crippen molar-refractivity contribution >= 4 is 22.5 Å². The van der Waals surface area contributed by atoms with E-state index in [1.54, 1.807) is 22.8 Å². The Labute approximate surface area is 170 Å². The molecular formula is C23H26N4O2. The Kier molecular flexibility index (Phi) is 5.34. The second kappa shape index (κ2) is 8.07. The normalized spacial score (nSPS) is 13.6. The van der Waals surface area contributed by atoms with Crippen molar-refractivity contribution in [3.63, 3.8) is 0 Å². The number of anilines is 1. The number of aromatic nitrogens is 2. The van der Waals surface area contributed by atoms with Gasteiger partial charge in [-0.3, -0.25) is 14.2 Å². The number of carbonyl (C=O) groups excluding carboxylic acids is 1. The monoisotopic (exact) mass is 390 g/mol. The highest BCUT2D eigenvalue weighted by Gasteiger charge is 2.15. The van der Waals surface area contributed by atoms with Gasteiger partial charge in [-0.2, -0.15) is 0 Å². The third-order valence-electron chi connectivity index (χ3n) is 5.48. The Balaban J connectivity index is 1.54. The number of nitrogens with one attached hydrogen (secondary N) is 1. The van der Waals surface area contributed by atoms with Crippen molar-refractivity contribution in [3.05, 3.63) is 69.8 Å². The summed E-state index contributed by atoms with van der Waals surface area (Å²) in [6.07, 6.45) is 3.98. The summed E-state index contributed by atoms with van der Waals surface area (Å²) >= 11 is 0. The second-order valence-electron chi connectivity index (χ2n) is 7.77. The van der Waals surface area contributed by atoms with Crippen molar-refractivity contribution in [1.82, 2.24) is 14.9 Å². The zero-order chi connectivity index (χ0) is 20.4. The van der Waals surface area contributed by atoms with E-state index >= 15 is 0 Å². The molecule has 0 saturated heterocycles. The zero-order valence-corrected chi connectivity index (χ0v) is 16.9. The zero-order valence-electron chi connectivity index (χ0n) is 16.9. The van der Waals surface area contributed by atoms with Gasteiger partial charge in [0.1, 0.15) is 5.82 Å². The van der Waals surface area contributed by atoms with Crippen LogP contribution in [0.15, 0.2) is 47.3 Å². The van der Waals surface area contributed by atoms with Gasteiger partial charge in [0.15, 0.2) is 0 Å². The van der Waals surface area contributed by atoms with E-state index in [1.807, 2.05) is 43.3 Å². The summed E-state index contributed by atoms with van der Waals surface area (Å²) in [4.78, 5) is 32.2. The van der Waals surface area contributed by atoms with Crippen molar-refractivity contribution in [2.45, 2.75) is 38.8 Å². The van der Waals surface area contributed by atoms with Gasteiger partial charge < -0.3 is 10.2 Å². The van der Waals surface area contributed by atoms with Crippen LogP contribution in [0.1, 0.15) is 41.0 Å². The van der Waals surface area contributed by atoms with Gasteiger partial charge in [0.2, 0.25) is 0 Å². The molecule has 1 amide bonds. The van der Waals surface area contributed by atoms with Crippen molar-refractivity contribution in [3.8, 4) is 0 Å². The number of amides is 1. The van der Waals surface area contributed by atoms with Crippen LogP contribution in [0.4, 0.5) is 5.69 Å². The topological polar surface area (TPSA) is 67.2 Å². The number of benzene rings is 2. The molecule has 2 heterocycles. The summed E-state index contributed by atoms with van der Waals surface area (Å²) in [5.41, 5.74) is 3.27. The van der Waals surface area contributed by atoms with E-state index in [9.17, 15) is 9.59 Å². The molecule has 0 aliphatic carbocycles. The first-order chi connectivity index (χ1) is 14.0. The summed E-state index contributed by atoms with van der Waals surface area (Å²) in [6.45, 7) is 1.18. The highest BCUT2D eigenvalue weighted by molar-refractivity contribution is 5.97. The van der Waals surface area contributed by atoms with Crippen LogP contribution in [0.25, 0.3) is 10.9 Å². The Morgan fingerprint density at radius 3 is 2.66 bits per heavy atom. The minimum atomic E-state index is -0.166. The van der Waals surface area contributed by atoms with Crippen LogP contribution < -0.4 is 15.8 Å². The average Bonchev–Trinajstić information content (AvgIpc) is 2.97. The van der Waals surface area contributed by atoms with Crippen molar-refractivity contribution in [1.29, 1.82) is 0 Å². The molecule has 0 unspecified atom stereocenters. The summed E-state index contributed by atoms with van der Waals surface area (Å²) in [5, 5.41) is 3.53. The summed E-state index contributed by atoms with van der Waals surface area (Å²) in [7, 11) is 3.99. The maximum atomic E-state index is 12.8. The average molecular weight is 390 g/mol. The number of carbonyl (C=O) groups is 1. The molecule has 0 bridgehead atoms. The van der Waals surface area contributed by atoms with Crippen LogP contribution in [0.3, 0.4) is 0 Å². The van der Waals surface area contributed by atoms with E-state index in [4.69, 9.17) is 4.98 Å². The van der Waals surface area contributed by atoms with E-state index in [0.29, 0.717) is 23.0 Å². The molecule has 0 radical (unpaired) electrons. The van der Waals surface area contributed by atoms with E-state index in [1.165, 1.54) is 0 Å². The maximum absolute atomic E-state index is 12.8. The van der Waals surface area contributed by atoms with E-state index in [0.717, 1.165) is 49.3 Å². The molecule has 6 nitrogen and oxygen atoms in total. The van der Waals surface area contributed by atoms with Crippen molar-refractivity contribution in [2.75, 3.05) is 19.0 Å². The number of hydrogen-bond acceptors (Lipinski definition) is 4. The number of hydrogen-bond donors (Lipinski definition) is 1. The lowest BCUT2D eigenvalue weighted by Crippen LogP contribution is -2.25. The molecule has 2 aromatic carbocycles. The van der Waals surface area contributed by atoms with Gasteiger partial charge in [0.25, 0.3) is 11.5 Å². The quantitative estimate of drug-likeness (QED) is 0.743. The Hall–Kier alpha value is -3.15. The lowest BCUT2D eigenvalue weighted by molar-refractivity contribution is 0.0951. The number of fused-ring (bicyclic) bond motifs is 2. The van der Waals surface area contributed by atoms with Gasteiger partial charge in [0, 0.05) is 44.9 Å². The van der Waals surface area contributed by atoms with Crippen LogP contribution >= 0.6 is 0 Å². The van der Waals surface area contributed by atoms with Crippen LogP contribution in [0.2, 0.25) is 0 Å². The van der Waals surface area contributed by atoms with Gasteiger partial charge >= 0.3 is 0 Å². The molecular weight excluding hydrogens is 364 g/mol. The molecule has 4 rings (SSSR count). The molecule has 1 aromatic heterocycles. The number of aryl methyl sites for hydroxylation is 1. The van der Waals surface area contributed by atoms with Gasteiger partial charge in [-0.15, -0.1) is 0 Å². The SMILES string of the molecule is CN(C)c1ccc(CNC(=O)c2ccc3c(=O)n4c(nc3c2)CCCCC4)cc1. The van der Waals surface area contributed by atoms with Gasteiger partial charge in [-0.05, 0) is 48.7 Å². The largest absolute Gasteiger partial charge is 0.378 e. The second-order valence-corrected chi connectivity index (χ2v) is 7.77. The van der Waals surface area contributed by atoms with Crippen LogP contribution in [-0.2, 0) is 19.5 Å². The van der Waals surface area contributed by atoms with E-state index in [2.05, 4.69) is 5.32 Å². The van der Waals surface area contributed by atoms with Crippen molar-refractivity contribution in [2.24, 2.45) is 0 Å². The minimum absolute atomic E-state index is 0.000148. The van der Waals surface area contributed by atoms with Crippen molar-refractivity contribution < 1.29 is 4.79 Å². The highest BCUT2D eigenvalue weighted by Crippen LogP contribution is 2.17. The van der Waals surface area contributed by atoms with E-state index < -0.39 is 0 Å². The minimum Gasteiger partial charge on any atom is -0.378 e. The van der Waals surface area contributed by atoms with Crippen LogP contribution in [-0.4, -0.2) is 29.6 Å². The lowest BCUT2D eigenvalue weighted by atomic mass is 10.1. The Morgan fingerprint density at radius 1 is 1.10 bits per heavy atom. The first-order valence-corrected chi connectivity index (χ1v) is 10.1. The Morgan fingerprint density at radius 2 is 1.90 bits per heavy atom.